The van der Waals surface area contributed by atoms with Gasteiger partial charge in [0.15, 0.2) is 0 Å². The van der Waals surface area contributed by atoms with Crippen molar-refractivity contribution >= 4 is 17.4 Å². The molecule has 0 heterocycles. The van der Waals surface area contributed by atoms with E-state index in [2.05, 4.69) is 71.6 Å². The predicted molar refractivity (Wildman–Crippen MR) is 210 cm³/mol. The lowest BCUT2D eigenvalue weighted by atomic mass is 9.31. The van der Waals surface area contributed by atoms with E-state index in [1.54, 1.807) is 19.2 Å². The van der Waals surface area contributed by atoms with Gasteiger partial charge in [-0.05, 0) is 170 Å². The van der Waals surface area contributed by atoms with E-state index in [0.717, 1.165) is 55.4 Å². The predicted octanol–water partition coefficient (Wildman–Crippen LogP) is 11.1. The number of methoxy groups -OCH3 is 1. The van der Waals surface area contributed by atoms with Crippen molar-refractivity contribution in [1.29, 1.82) is 0 Å². The molecule has 7 rings (SSSR count). The molecule has 52 heavy (non-hydrogen) atoms. The minimum absolute atomic E-state index is 0.0168. The fourth-order valence-corrected chi connectivity index (χ4v) is 14.4. The average molecular weight is 706 g/mol. The largest absolute Gasteiger partial charge is 0.497 e. The first-order chi connectivity index (χ1) is 24.7. The molecule has 9 atom stereocenters. The van der Waals surface area contributed by atoms with Gasteiger partial charge in [0.05, 0.1) is 18.1 Å². The fraction of sp³-hybridized carbons (Fsp3) is 0.617. The number of hydrogen-bond acceptors (Lipinski definition) is 3. The minimum atomic E-state index is -0.874. The van der Waals surface area contributed by atoms with E-state index in [1.807, 2.05) is 24.3 Å². The van der Waals surface area contributed by atoms with Crippen LogP contribution in [-0.2, 0) is 11.3 Å². The zero-order chi connectivity index (χ0) is 37.3. The first-order valence-corrected chi connectivity index (χ1v) is 20.3. The van der Waals surface area contributed by atoms with Gasteiger partial charge in [-0.15, -0.1) is 6.58 Å². The first-order valence-electron chi connectivity index (χ1n) is 20.3. The van der Waals surface area contributed by atoms with Crippen molar-refractivity contribution < 1.29 is 19.4 Å². The summed E-state index contributed by atoms with van der Waals surface area (Å²) < 4.78 is 5.37. The number of carbonyl (C=O) groups is 2. The minimum Gasteiger partial charge on any atom is -0.497 e. The van der Waals surface area contributed by atoms with Gasteiger partial charge in [-0.1, -0.05) is 70.5 Å². The number of rotatable bonds is 9. The van der Waals surface area contributed by atoms with Crippen LogP contribution in [0.1, 0.15) is 134 Å². The van der Waals surface area contributed by atoms with E-state index in [1.165, 1.54) is 43.3 Å². The number of carboxylic acid groups (broad SMARTS) is 1. The molecule has 2 N–H and O–H groups in total. The van der Waals surface area contributed by atoms with Gasteiger partial charge < -0.3 is 15.2 Å². The number of carbonyl (C=O) groups excluding carboxylic acids is 1. The summed E-state index contributed by atoms with van der Waals surface area (Å²) in [5.74, 6) is 2.87. The summed E-state index contributed by atoms with van der Waals surface area (Å²) in [5, 5.41) is 13.0. The van der Waals surface area contributed by atoms with Crippen LogP contribution in [0.25, 0.3) is 5.57 Å². The van der Waals surface area contributed by atoms with Crippen LogP contribution >= 0.6 is 0 Å². The van der Waals surface area contributed by atoms with E-state index >= 15 is 0 Å². The molecule has 5 aliphatic carbocycles. The zero-order valence-electron chi connectivity index (χ0n) is 32.9. The van der Waals surface area contributed by atoms with E-state index in [9.17, 15) is 14.7 Å². The Hall–Kier alpha value is -3.34. The lowest BCUT2D eigenvalue weighted by Crippen LogP contribution is -2.67. The topological polar surface area (TPSA) is 75.6 Å². The molecule has 280 valence electrons. The molecule has 0 saturated heterocycles. The highest BCUT2D eigenvalue weighted by Crippen LogP contribution is 2.78. The Labute approximate surface area is 313 Å². The number of aromatic carboxylic acids is 1. The summed E-state index contributed by atoms with van der Waals surface area (Å²) in [4.78, 5) is 26.3. The third kappa shape index (κ3) is 5.45. The second-order valence-corrected chi connectivity index (χ2v) is 18.9. The lowest BCUT2D eigenvalue weighted by molar-refractivity contribution is -0.234. The van der Waals surface area contributed by atoms with Gasteiger partial charge in [0.25, 0.3) is 0 Å². The lowest BCUT2D eigenvalue weighted by Gasteiger charge is -2.73. The summed E-state index contributed by atoms with van der Waals surface area (Å²) >= 11 is 0. The Bertz CT molecular complexity index is 1740. The van der Waals surface area contributed by atoms with Crippen LogP contribution in [0.2, 0.25) is 0 Å². The van der Waals surface area contributed by atoms with Gasteiger partial charge in [-0.2, -0.15) is 0 Å². The van der Waals surface area contributed by atoms with Crippen molar-refractivity contribution in [2.45, 2.75) is 119 Å². The average Bonchev–Trinajstić information content (AvgIpc) is 3.49. The second-order valence-electron chi connectivity index (χ2n) is 18.9. The summed E-state index contributed by atoms with van der Waals surface area (Å²) in [6, 6.07) is 15.7. The molecule has 5 heteroatoms. The number of fused-ring (bicyclic) bond motifs is 7. The standard InChI is InChI=1S/C47H63NO4/c1-9-47-27-26-46(42(51)48-29-31-10-16-35(52-8)17-11-31)25-20-34(28-30(2)3)40(46)37(47)18-19-39-44(6)23-21-36(32-12-14-33(15-13-32)41(49)50)43(4,5)38(44)22-24-45(39,47)7/h10-17,21,34,37-40H,2,9,18-20,22-29H2,1,3-8H3,(H,48,51)(H,49,50). The van der Waals surface area contributed by atoms with E-state index in [0.29, 0.717) is 41.7 Å². The van der Waals surface area contributed by atoms with Crippen molar-refractivity contribution in [2.75, 3.05) is 7.11 Å². The number of hydrogen-bond donors (Lipinski definition) is 2. The van der Waals surface area contributed by atoms with Gasteiger partial charge in [-0.25, -0.2) is 4.79 Å². The number of amides is 1. The highest BCUT2D eigenvalue weighted by Gasteiger charge is 2.72. The summed E-state index contributed by atoms with van der Waals surface area (Å²) in [6.45, 7) is 19.9. The first kappa shape index (κ1) is 37.0. The monoisotopic (exact) mass is 705 g/mol. The summed E-state index contributed by atoms with van der Waals surface area (Å²) in [6.07, 6.45) is 15.0. The summed E-state index contributed by atoms with van der Waals surface area (Å²) in [5.41, 5.74) is 5.55. The Morgan fingerprint density at radius 1 is 0.904 bits per heavy atom. The molecule has 5 aliphatic rings. The Morgan fingerprint density at radius 2 is 1.62 bits per heavy atom. The number of allylic oxidation sites excluding steroid dienone is 3. The molecule has 2 aromatic rings. The van der Waals surface area contributed by atoms with E-state index in [4.69, 9.17) is 4.74 Å². The van der Waals surface area contributed by atoms with Crippen LogP contribution in [-0.4, -0.2) is 24.1 Å². The van der Waals surface area contributed by atoms with Crippen LogP contribution in [0.4, 0.5) is 0 Å². The van der Waals surface area contributed by atoms with Crippen LogP contribution in [0.5, 0.6) is 5.75 Å². The van der Waals surface area contributed by atoms with E-state index in [-0.39, 0.29) is 33.0 Å². The van der Waals surface area contributed by atoms with Crippen molar-refractivity contribution in [3.8, 4) is 5.75 Å². The molecule has 2 aromatic carbocycles. The van der Waals surface area contributed by atoms with Gasteiger partial charge in [0, 0.05) is 6.54 Å². The maximum Gasteiger partial charge on any atom is 0.335 e. The summed E-state index contributed by atoms with van der Waals surface area (Å²) in [7, 11) is 1.69. The molecule has 0 aliphatic heterocycles. The van der Waals surface area contributed by atoms with Crippen molar-refractivity contribution in [3.63, 3.8) is 0 Å². The third-order valence-electron chi connectivity index (χ3n) is 16.5. The third-order valence-corrected chi connectivity index (χ3v) is 16.5. The molecule has 9 unspecified atom stereocenters. The molecule has 0 bridgehead atoms. The molecular weight excluding hydrogens is 643 g/mol. The molecule has 4 saturated carbocycles. The smallest absolute Gasteiger partial charge is 0.335 e. The molecule has 1 amide bonds. The van der Waals surface area contributed by atoms with E-state index < -0.39 is 5.97 Å². The molecule has 4 fully saturated rings. The number of benzene rings is 2. The van der Waals surface area contributed by atoms with Crippen LogP contribution in [0.3, 0.4) is 0 Å². The SMILES string of the molecule is C=C(C)CC1CCC2(C(=O)NCc3ccc(OC)cc3)CCC3(CC)C(CCC4C5(C)CC=C(c6ccc(C(=O)O)cc6)C(C)(C)C5CCC43C)C12. The zero-order valence-corrected chi connectivity index (χ0v) is 32.9. The van der Waals surface area contributed by atoms with Crippen LogP contribution in [0, 0.1) is 56.7 Å². The molecular formula is C47H63NO4. The number of nitrogens with one attached hydrogen (secondary N) is 1. The van der Waals surface area contributed by atoms with Crippen molar-refractivity contribution in [3.05, 3.63) is 83.4 Å². The molecule has 0 radical (unpaired) electrons. The van der Waals surface area contributed by atoms with Gasteiger partial charge >= 0.3 is 5.97 Å². The van der Waals surface area contributed by atoms with Crippen molar-refractivity contribution in [2.24, 2.45) is 56.7 Å². The number of carboxylic acids is 1. The normalized spacial score (nSPS) is 37.4. The maximum atomic E-state index is 14.7. The van der Waals surface area contributed by atoms with Crippen LogP contribution < -0.4 is 10.1 Å². The Balaban J connectivity index is 1.21. The van der Waals surface area contributed by atoms with Crippen LogP contribution in [0.15, 0.2) is 66.8 Å². The highest BCUT2D eigenvalue weighted by molar-refractivity contribution is 5.88. The highest BCUT2D eigenvalue weighted by atomic mass is 16.5. The molecule has 0 aromatic heterocycles. The van der Waals surface area contributed by atoms with Gasteiger partial charge in [0.2, 0.25) is 5.91 Å². The Kier molecular flexibility index (Phi) is 9.39. The second kappa shape index (κ2) is 13.2. The van der Waals surface area contributed by atoms with Gasteiger partial charge in [-0.3, -0.25) is 4.79 Å². The number of ether oxygens (including phenoxy) is 1. The molecule has 5 nitrogen and oxygen atoms in total. The fourth-order valence-electron chi connectivity index (χ4n) is 14.4. The quantitative estimate of drug-likeness (QED) is 0.255. The van der Waals surface area contributed by atoms with Crippen molar-refractivity contribution in [1.82, 2.24) is 5.32 Å². The molecule has 0 spiro atoms. The Morgan fingerprint density at radius 3 is 2.25 bits per heavy atom. The maximum absolute atomic E-state index is 14.7. The van der Waals surface area contributed by atoms with Gasteiger partial charge in [0.1, 0.15) is 5.75 Å².